The van der Waals surface area contributed by atoms with Gasteiger partial charge in [-0.15, -0.1) is 23.5 Å². The van der Waals surface area contributed by atoms with Crippen LogP contribution < -0.4 is 0 Å². The molecule has 1 atom stereocenters. The molecule has 3 nitrogen and oxygen atoms in total. The molecule has 110 valence electrons. The van der Waals surface area contributed by atoms with Gasteiger partial charge in [0.25, 0.3) is 0 Å². The predicted octanol–water partition coefficient (Wildman–Crippen LogP) is 3.00. The summed E-state index contributed by atoms with van der Waals surface area (Å²) >= 11 is 3.38. The van der Waals surface area contributed by atoms with Gasteiger partial charge in [-0.3, -0.25) is 4.79 Å². The highest BCUT2D eigenvalue weighted by atomic mass is 32.2. The minimum absolute atomic E-state index is 0.0734. The summed E-state index contributed by atoms with van der Waals surface area (Å²) in [5.41, 5.74) is 0.894. The van der Waals surface area contributed by atoms with Crippen molar-refractivity contribution in [3.63, 3.8) is 0 Å². The van der Waals surface area contributed by atoms with Crippen LogP contribution >= 0.6 is 23.5 Å². The molecule has 1 aromatic carbocycles. The van der Waals surface area contributed by atoms with E-state index in [9.17, 15) is 9.90 Å². The molecule has 5 heteroatoms. The van der Waals surface area contributed by atoms with Crippen molar-refractivity contribution in [2.75, 3.05) is 25.2 Å². The highest BCUT2D eigenvalue weighted by Crippen LogP contribution is 2.40. The van der Waals surface area contributed by atoms with Crippen LogP contribution in [0.3, 0.4) is 0 Å². The molecular weight excluding hydrogens is 290 g/mol. The first-order valence-electron chi connectivity index (χ1n) is 6.63. The van der Waals surface area contributed by atoms with Crippen molar-refractivity contribution < 1.29 is 9.90 Å². The van der Waals surface area contributed by atoms with Crippen molar-refractivity contribution in [2.45, 2.75) is 24.1 Å². The Hall–Kier alpha value is -0.650. The van der Waals surface area contributed by atoms with Crippen molar-refractivity contribution >= 4 is 29.4 Å². The first kappa shape index (κ1) is 15.7. The molecule has 0 spiro atoms. The molecular formula is C15H21NO2S2. The predicted molar refractivity (Wildman–Crippen MR) is 86.0 cm³/mol. The number of hydrogen-bond donors (Lipinski definition) is 1. The van der Waals surface area contributed by atoms with E-state index in [0.717, 1.165) is 5.56 Å². The first-order valence-corrected chi connectivity index (χ1v) is 8.90. The Bertz CT molecular complexity index is 473. The monoisotopic (exact) mass is 311 g/mol. The highest BCUT2D eigenvalue weighted by molar-refractivity contribution is 8.00. The second-order valence-electron chi connectivity index (χ2n) is 5.78. The maximum atomic E-state index is 12.1. The number of aliphatic hydroxyl groups excluding tert-OH is 1. The summed E-state index contributed by atoms with van der Waals surface area (Å²) in [5.74, 6) is 0.687. The number of carbonyl (C=O) groups is 1. The maximum Gasteiger partial charge on any atom is 0.233 e. The van der Waals surface area contributed by atoms with E-state index < -0.39 is 0 Å². The Labute approximate surface area is 129 Å². The molecule has 0 bridgehead atoms. The highest BCUT2D eigenvalue weighted by Gasteiger charge is 2.36. The average molecular weight is 311 g/mol. The molecule has 1 unspecified atom stereocenters. The van der Waals surface area contributed by atoms with Gasteiger partial charge >= 0.3 is 0 Å². The topological polar surface area (TPSA) is 40.5 Å². The van der Waals surface area contributed by atoms with Crippen molar-refractivity contribution in [3.05, 3.63) is 29.8 Å². The molecule has 0 aliphatic carbocycles. The number of rotatable bonds is 5. The summed E-state index contributed by atoms with van der Waals surface area (Å²) < 4.78 is 0. The van der Waals surface area contributed by atoms with Gasteiger partial charge in [-0.2, -0.15) is 0 Å². The molecule has 0 aromatic heterocycles. The summed E-state index contributed by atoms with van der Waals surface area (Å²) in [7, 11) is 0. The molecule has 2 rings (SSSR count). The van der Waals surface area contributed by atoms with Gasteiger partial charge in [0.15, 0.2) is 0 Å². The average Bonchev–Trinajstić information content (AvgIpc) is 2.80. The molecule has 1 aromatic rings. The lowest BCUT2D eigenvalue weighted by Gasteiger charge is -2.32. The van der Waals surface area contributed by atoms with Gasteiger partial charge in [0.2, 0.25) is 5.91 Å². The van der Waals surface area contributed by atoms with Crippen molar-refractivity contribution in [2.24, 2.45) is 5.41 Å². The van der Waals surface area contributed by atoms with Crippen molar-refractivity contribution in [1.82, 2.24) is 4.90 Å². The number of thioether (sulfide) groups is 2. The zero-order valence-corrected chi connectivity index (χ0v) is 13.8. The second-order valence-corrected chi connectivity index (χ2v) is 7.73. The first-order chi connectivity index (χ1) is 9.46. The fourth-order valence-corrected chi connectivity index (χ4v) is 3.78. The summed E-state index contributed by atoms with van der Waals surface area (Å²) in [6, 6.07) is 8.39. The third-order valence-electron chi connectivity index (χ3n) is 3.40. The fraction of sp³-hybridized carbons (Fsp3) is 0.533. The van der Waals surface area contributed by atoms with E-state index in [2.05, 4.69) is 30.5 Å². The molecule has 1 aliphatic rings. The number of amides is 1. The standard InChI is InChI=1S/C15H21NO2S2/c1-15(2,10-17)9-16-13(18)8-20-14(16)11-4-6-12(19-3)7-5-11/h4-7,14,17H,8-10H2,1-3H3. The molecule has 1 heterocycles. The number of benzene rings is 1. The third kappa shape index (κ3) is 3.51. The molecule has 1 amide bonds. The van der Waals surface area contributed by atoms with E-state index in [1.54, 1.807) is 23.5 Å². The van der Waals surface area contributed by atoms with Gasteiger partial charge in [-0.25, -0.2) is 0 Å². The van der Waals surface area contributed by atoms with Gasteiger partial charge < -0.3 is 10.0 Å². The largest absolute Gasteiger partial charge is 0.396 e. The Morgan fingerprint density at radius 3 is 2.60 bits per heavy atom. The molecule has 1 aliphatic heterocycles. The van der Waals surface area contributed by atoms with Gasteiger partial charge in [-0.1, -0.05) is 26.0 Å². The van der Waals surface area contributed by atoms with Crippen molar-refractivity contribution in [3.8, 4) is 0 Å². The number of aliphatic hydroxyl groups is 1. The van der Waals surface area contributed by atoms with Crippen LogP contribution in [-0.2, 0) is 4.79 Å². The van der Waals surface area contributed by atoms with Crippen LogP contribution in [0, 0.1) is 5.41 Å². The zero-order chi connectivity index (χ0) is 14.8. The molecule has 1 saturated heterocycles. The maximum absolute atomic E-state index is 12.1. The quantitative estimate of drug-likeness (QED) is 0.849. The lowest BCUT2D eigenvalue weighted by Crippen LogP contribution is -2.38. The Morgan fingerprint density at radius 2 is 2.05 bits per heavy atom. The Morgan fingerprint density at radius 1 is 1.40 bits per heavy atom. The van der Waals surface area contributed by atoms with Gasteiger partial charge in [0.1, 0.15) is 5.37 Å². The van der Waals surface area contributed by atoms with Crippen LogP contribution in [0.15, 0.2) is 29.2 Å². The van der Waals surface area contributed by atoms with E-state index in [4.69, 9.17) is 0 Å². The van der Waals surface area contributed by atoms with E-state index in [-0.39, 0.29) is 23.3 Å². The van der Waals surface area contributed by atoms with E-state index in [0.29, 0.717) is 12.3 Å². The minimum atomic E-state index is -0.266. The summed E-state index contributed by atoms with van der Waals surface area (Å²) in [6.45, 7) is 4.64. The number of carbonyl (C=O) groups excluding carboxylic acids is 1. The number of nitrogens with zero attached hydrogens (tertiary/aromatic N) is 1. The third-order valence-corrected chi connectivity index (χ3v) is 5.40. The van der Waals surface area contributed by atoms with E-state index >= 15 is 0 Å². The Balaban J connectivity index is 2.18. The van der Waals surface area contributed by atoms with Crippen LogP contribution in [0.2, 0.25) is 0 Å². The molecule has 20 heavy (non-hydrogen) atoms. The summed E-state index contributed by atoms with van der Waals surface area (Å²) in [4.78, 5) is 15.2. The van der Waals surface area contributed by atoms with Gasteiger partial charge in [0, 0.05) is 23.5 Å². The van der Waals surface area contributed by atoms with Crippen LogP contribution in [0.4, 0.5) is 0 Å². The number of hydrogen-bond acceptors (Lipinski definition) is 4. The van der Waals surface area contributed by atoms with Crippen LogP contribution in [0.25, 0.3) is 0 Å². The van der Waals surface area contributed by atoms with Gasteiger partial charge in [-0.05, 0) is 24.0 Å². The molecule has 1 fully saturated rings. The summed E-state index contributed by atoms with van der Waals surface area (Å²) in [5, 5.41) is 9.49. The molecule has 0 radical (unpaired) electrons. The lowest BCUT2D eigenvalue weighted by molar-refractivity contribution is -0.129. The normalized spacial score (nSPS) is 19.7. The minimum Gasteiger partial charge on any atom is -0.396 e. The van der Waals surface area contributed by atoms with Gasteiger partial charge in [0.05, 0.1) is 5.75 Å². The molecule has 0 saturated carbocycles. The second kappa shape index (κ2) is 6.41. The zero-order valence-electron chi connectivity index (χ0n) is 12.1. The lowest BCUT2D eigenvalue weighted by atomic mass is 9.94. The summed E-state index contributed by atoms with van der Waals surface area (Å²) in [6.07, 6.45) is 2.05. The van der Waals surface area contributed by atoms with E-state index in [1.165, 1.54) is 4.90 Å². The van der Waals surface area contributed by atoms with Crippen LogP contribution in [-0.4, -0.2) is 41.1 Å². The SMILES string of the molecule is CSc1ccc(C2SCC(=O)N2CC(C)(C)CO)cc1. The molecule has 1 N–H and O–H groups in total. The van der Waals surface area contributed by atoms with Crippen LogP contribution in [0.5, 0.6) is 0 Å². The van der Waals surface area contributed by atoms with E-state index in [1.807, 2.05) is 18.7 Å². The van der Waals surface area contributed by atoms with Crippen molar-refractivity contribution in [1.29, 1.82) is 0 Å². The fourth-order valence-electron chi connectivity index (χ4n) is 2.18. The smallest absolute Gasteiger partial charge is 0.233 e. The van der Waals surface area contributed by atoms with Crippen LogP contribution in [0.1, 0.15) is 24.8 Å². The Kier molecular flexibility index (Phi) is 5.04.